The molecule has 4 heterocycles. The minimum absolute atomic E-state index is 0.486. The second-order valence-corrected chi connectivity index (χ2v) is 7.91. The maximum Gasteiger partial charge on any atom is 0.217 e. The van der Waals surface area contributed by atoms with E-state index in [1.54, 1.807) is 25.6 Å². The predicted molar refractivity (Wildman–Crippen MR) is 123 cm³/mol. The summed E-state index contributed by atoms with van der Waals surface area (Å²) in [6, 6.07) is 9.87. The Bertz CT molecular complexity index is 1200. The maximum atomic E-state index is 6.38. The van der Waals surface area contributed by atoms with Crippen molar-refractivity contribution in [3.8, 4) is 28.7 Å². The summed E-state index contributed by atoms with van der Waals surface area (Å²) in [5.41, 5.74) is 9.70. The summed E-state index contributed by atoms with van der Waals surface area (Å²) in [5.74, 6) is 3.17. The largest absolute Gasteiger partial charge is 0.491 e. The molecular weight excluding hydrogens is 422 g/mol. The zero-order valence-electron chi connectivity index (χ0n) is 18.5. The van der Waals surface area contributed by atoms with Crippen LogP contribution in [0.1, 0.15) is 11.1 Å². The summed E-state index contributed by atoms with van der Waals surface area (Å²) in [6.07, 6.45) is 4.26. The molecule has 0 saturated heterocycles. The van der Waals surface area contributed by atoms with Gasteiger partial charge in [0.25, 0.3) is 0 Å². The molecule has 1 aliphatic heterocycles. The van der Waals surface area contributed by atoms with Crippen molar-refractivity contribution < 1.29 is 13.9 Å². The normalized spacial score (nSPS) is 13.8. The number of H-pyrrole nitrogens is 1. The average molecular weight is 450 g/mol. The fourth-order valence-corrected chi connectivity index (χ4v) is 4.08. The average Bonchev–Trinajstić information content (AvgIpc) is 3.59. The van der Waals surface area contributed by atoms with Crippen LogP contribution in [-0.4, -0.2) is 63.3 Å². The van der Waals surface area contributed by atoms with Crippen molar-refractivity contribution >= 4 is 5.82 Å². The summed E-state index contributed by atoms with van der Waals surface area (Å²) >= 11 is 0. The molecule has 0 fully saturated rings. The molecule has 0 amide bonds. The number of nitrogen functional groups attached to an aromatic ring is 1. The van der Waals surface area contributed by atoms with Crippen LogP contribution in [0.5, 0.6) is 5.75 Å². The molecule has 5 rings (SSSR count). The van der Waals surface area contributed by atoms with Gasteiger partial charge in [-0.2, -0.15) is 5.10 Å². The molecule has 0 aliphatic carbocycles. The van der Waals surface area contributed by atoms with Crippen LogP contribution < -0.4 is 10.5 Å². The fraction of sp³-hybridized carbons (Fsp3) is 0.348. The highest BCUT2D eigenvalue weighted by molar-refractivity contribution is 5.68. The van der Waals surface area contributed by atoms with Gasteiger partial charge in [-0.1, -0.05) is 12.1 Å². The zero-order valence-corrected chi connectivity index (χ0v) is 18.5. The van der Waals surface area contributed by atoms with Gasteiger partial charge >= 0.3 is 0 Å². The Balaban J connectivity index is 1.22. The smallest absolute Gasteiger partial charge is 0.217 e. The van der Waals surface area contributed by atoms with Crippen molar-refractivity contribution in [3.05, 3.63) is 53.9 Å². The number of furan rings is 1. The van der Waals surface area contributed by atoms with E-state index < -0.39 is 0 Å². The molecule has 0 bridgehead atoms. The summed E-state index contributed by atoms with van der Waals surface area (Å²) in [5, 5.41) is 11.6. The molecule has 10 heteroatoms. The minimum atomic E-state index is 0.486. The molecule has 3 N–H and O–H groups in total. The SMILES string of the molecule is COCCOc1cccc2c1CCN(CCn1ncc(-c3nc(-c4ccco4)n[nH]3)c1N)C2. The molecule has 0 saturated carbocycles. The molecule has 0 atom stereocenters. The lowest BCUT2D eigenvalue weighted by Gasteiger charge is -2.29. The van der Waals surface area contributed by atoms with Crippen LogP contribution in [0.4, 0.5) is 5.82 Å². The van der Waals surface area contributed by atoms with Crippen molar-refractivity contribution in [3.63, 3.8) is 0 Å². The Morgan fingerprint density at radius 2 is 2.12 bits per heavy atom. The highest BCUT2D eigenvalue weighted by Crippen LogP contribution is 2.29. The number of aromatic nitrogens is 5. The molecule has 0 radical (unpaired) electrons. The Labute approximate surface area is 191 Å². The first-order chi connectivity index (χ1) is 16.2. The van der Waals surface area contributed by atoms with Crippen molar-refractivity contribution in [1.82, 2.24) is 29.9 Å². The van der Waals surface area contributed by atoms with Crippen molar-refractivity contribution in [2.45, 2.75) is 19.5 Å². The zero-order chi connectivity index (χ0) is 22.6. The van der Waals surface area contributed by atoms with E-state index in [4.69, 9.17) is 19.6 Å². The number of benzene rings is 1. The number of nitrogens with one attached hydrogen (secondary N) is 1. The Kier molecular flexibility index (Phi) is 6.09. The summed E-state index contributed by atoms with van der Waals surface area (Å²) < 4.78 is 18.2. The van der Waals surface area contributed by atoms with Crippen LogP contribution in [0.15, 0.2) is 47.2 Å². The van der Waals surface area contributed by atoms with Crippen LogP contribution in [0.25, 0.3) is 23.0 Å². The molecule has 4 aromatic rings. The highest BCUT2D eigenvalue weighted by atomic mass is 16.5. The van der Waals surface area contributed by atoms with E-state index in [-0.39, 0.29) is 0 Å². The maximum absolute atomic E-state index is 6.38. The lowest BCUT2D eigenvalue weighted by atomic mass is 9.98. The van der Waals surface area contributed by atoms with E-state index in [1.807, 2.05) is 16.8 Å². The van der Waals surface area contributed by atoms with Gasteiger partial charge in [-0.25, -0.2) is 9.67 Å². The molecule has 10 nitrogen and oxygen atoms in total. The molecule has 0 spiro atoms. The van der Waals surface area contributed by atoms with Crippen LogP contribution in [0.3, 0.4) is 0 Å². The fourth-order valence-electron chi connectivity index (χ4n) is 4.08. The van der Waals surface area contributed by atoms with Gasteiger partial charge in [-0.3, -0.25) is 10.00 Å². The third-order valence-electron chi connectivity index (χ3n) is 5.84. The first-order valence-corrected chi connectivity index (χ1v) is 11.0. The third kappa shape index (κ3) is 4.48. The highest BCUT2D eigenvalue weighted by Gasteiger charge is 2.20. The van der Waals surface area contributed by atoms with Crippen molar-refractivity contribution in [1.29, 1.82) is 0 Å². The quantitative estimate of drug-likeness (QED) is 0.374. The molecular formula is C23H27N7O3. The molecule has 3 aromatic heterocycles. The predicted octanol–water partition coefficient (Wildman–Crippen LogP) is 2.59. The van der Waals surface area contributed by atoms with Crippen molar-refractivity contribution in [2.75, 3.05) is 39.1 Å². The van der Waals surface area contributed by atoms with Gasteiger partial charge in [0.2, 0.25) is 5.82 Å². The van der Waals surface area contributed by atoms with E-state index in [9.17, 15) is 0 Å². The minimum Gasteiger partial charge on any atom is -0.491 e. The number of ether oxygens (including phenoxy) is 2. The summed E-state index contributed by atoms with van der Waals surface area (Å²) in [4.78, 5) is 6.89. The second kappa shape index (κ2) is 9.47. The Hall–Kier alpha value is -3.63. The van der Waals surface area contributed by atoms with E-state index >= 15 is 0 Å². The van der Waals surface area contributed by atoms with Gasteiger partial charge in [0, 0.05) is 26.7 Å². The Morgan fingerprint density at radius 3 is 2.97 bits per heavy atom. The lowest BCUT2D eigenvalue weighted by molar-refractivity contribution is 0.145. The number of methoxy groups -OCH3 is 1. The van der Waals surface area contributed by atoms with E-state index in [2.05, 4.69) is 37.3 Å². The Morgan fingerprint density at radius 1 is 1.18 bits per heavy atom. The number of anilines is 1. The molecule has 172 valence electrons. The van der Waals surface area contributed by atoms with Crippen LogP contribution >= 0.6 is 0 Å². The van der Waals surface area contributed by atoms with Crippen molar-refractivity contribution in [2.24, 2.45) is 0 Å². The number of fused-ring (bicyclic) bond motifs is 1. The van der Waals surface area contributed by atoms with Crippen LogP contribution in [-0.2, 0) is 24.2 Å². The van der Waals surface area contributed by atoms with Gasteiger partial charge < -0.3 is 19.6 Å². The van der Waals surface area contributed by atoms with Crippen LogP contribution in [0, 0.1) is 0 Å². The number of rotatable bonds is 9. The second-order valence-electron chi connectivity index (χ2n) is 7.91. The monoisotopic (exact) mass is 449 g/mol. The standard InChI is InChI=1S/C23H27N7O3/c1-31-12-13-33-19-5-2-4-16-15-29(8-7-17(16)19)9-10-30-21(24)18(14-25-30)22-26-23(28-27-22)20-6-3-11-32-20/h2-6,11,14H,7-10,12-13,15,24H2,1H3,(H,26,27,28). The molecule has 1 aliphatic rings. The molecule has 1 aromatic carbocycles. The number of hydrogen-bond donors (Lipinski definition) is 2. The van der Waals surface area contributed by atoms with Gasteiger partial charge in [0.1, 0.15) is 18.2 Å². The number of aromatic amines is 1. The number of nitrogens with zero attached hydrogens (tertiary/aromatic N) is 5. The van der Waals surface area contributed by atoms with Crippen LogP contribution in [0.2, 0.25) is 0 Å². The van der Waals surface area contributed by atoms with E-state index in [0.717, 1.165) is 37.4 Å². The van der Waals surface area contributed by atoms with Gasteiger partial charge in [-0.05, 0) is 35.7 Å². The number of nitrogens with two attached hydrogens (primary N) is 1. The third-order valence-corrected chi connectivity index (χ3v) is 5.84. The molecule has 0 unspecified atom stereocenters. The first kappa shape index (κ1) is 21.2. The summed E-state index contributed by atoms with van der Waals surface area (Å²) in [6.45, 7) is 4.50. The van der Waals surface area contributed by atoms with E-state index in [1.165, 1.54) is 11.1 Å². The van der Waals surface area contributed by atoms with Gasteiger partial charge in [0.15, 0.2) is 11.6 Å². The van der Waals surface area contributed by atoms with Gasteiger partial charge in [-0.15, -0.1) is 5.10 Å². The number of hydrogen-bond acceptors (Lipinski definition) is 8. The van der Waals surface area contributed by atoms with E-state index in [0.29, 0.717) is 43.0 Å². The first-order valence-electron chi connectivity index (χ1n) is 11.0. The summed E-state index contributed by atoms with van der Waals surface area (Å²) in [7, 11) is 1.68. The van der Waals surface area contributed by atoms with Gasteiger partial charge in [0.05, 0.1) is 31.2 Å². The lowest BCUT2D eigenvalue weighted by Crippen LogP contribution is -2.33. The topological polar surface area (TPSA) is 120 Å². The molecule has 33 heavy (non-hydrogen) atoms.